The fourth-order valence-electron chi connectivity index (χ4n) is 1.67. The summed E-state index contributed by atoms with van der Waals surface area (Å²) in [6.07, 6.45) is 2.57. The molecule has 0 bridgehead atoms. The van der Waals surface area contributed by atoms with Gasteiger partial charge in [-0.05, 0) is 12.0 Å². The van der Waals surface area contributed by atoms with Gasteiger partial charge < -0.3 is 10.2 Å². The first-order valence-electron chi connectivity index (χ1n) is 6.03. The van der Waals surface area contributed by atoms with Crippen LogP contribution in [0, 0.1) is 0 Å². The van der Waals surface area contributed by atoms with E-state index in [1.807, 2.05) is 31.1 Å². The summed E-state index contributed by atoms with van der Waals surface area (Å²) in [5.41, 5.74) is 1.33. The molecular weight excluding hydrogens is 224 g/mol. The summed E-state index contributed by atoms with van der Waals surface area (Å²) in [6.45, 7) is 0.869. The molecule has 0 unspecified atom stereocenters. The average Bonchev–Trinajstić information content (AvgIpc) is 2.40. The van der Waals surface area contributed by atoms with E-state index >= 15 is 0 Å². The zero-order chi connectivity index (χ0) is 12.8. The van der Waals surface area contributed by atoms with Crippen LogP contribution in [0.5, 0.6) is 0 Å². The molecule has 0 amide bonds. The number of nitrogens with one attached hydrogen (secondary N) is 1. The molecule has 1 aromatic heterocycles. The lowest BCUT2D eigenvalue weighted by Gasteiger charge is -2.12. The number of benzene rings is 1. The number of hydrogen-bond acceptors (Lipinski definition) is 4. The van der Waals surface area contributed by atoms with Crippen molar-refractivity contribution in [3.05, 3.63) is 48.3 Å². The maximum absolute atomic E-state index is 4.20. The van der Waals surface area contributed by atoms with Crippen LogP contribution >= 0.6 is 0 Å². The first-order chi connectivity index (χ1) is 8.75. The summed E-state index contributed by atoms with van der Waals surface area (Å²) in [4.78, 5) is 10.3. The van der Waals surface area contributed by atoms with Crippen LogP contribution < -0.4 is 10.2 Å². The van der Waals surface area contributed by atoms with Crippen LogP contribution in [0.15, 0.2) is 42.7 Å². The lowest BCUT2D eigenvalue weighted by Crippen LogP contribution is -2.12. The molecule has 0 fully saturated rings. The van der Waals surface area contributed by atoms with Gasteiger partial charge in [0.2, 0.25) is 0 Å². The highest BCUT2D eigenvalue weighted by molar-refractivity contribution is 5.47. The minimum absolute atomic E-state index is 0.865. The number of aromatic nitrogens is 2. The number of nitrogens with zero attached hydrogens (tertiary/aromatic N) is 3. The maximum atomic E-state index is 4.20. The topological polar surface area (TPSA) is 41.0 Å². The molecule has 18 heavy (non-hydrogen) atoms. The number of hydrogen-bond donors (Lipinski definition) is 1. The Morgan fingerprint density at radius 3 is 2.61 bits per heavy atom. The molecule has 0 aliphatic heterocycles. The van der Waals surface area contributed by atoms with E-state index in [-0.39, 0.29) is 0 Å². The second-order valence-electron chi connectivity index (χ2n) is 4.32. The lowest BCUT2D eigenvalue weighted by atomic mass is 10.1. The van der Waals surface area contributed by atoms with E-state index in [1.165, 1.54) is 5.56 Å². The Labute approximate surface area is 108 Å². The van der Waals surface area contributed by atoms with Gasteiger partial charge >= 0.3 is 0 Å². The van der Waals surface area contributed by atoms with Crippen LogP contribution in [0.4, 0.5) is 11.6 Å². The summed E-state index contributed by atoms with van der Waals surface area (Å²) in [7, 11) is 3.94. The predicted molar refractivity (Wildman–Crippen MR) is 75.0 cm³/mol. The monoisotopic (exact) mass is 242 g/mol. The smallest absolute Gasteiger partial charge is 0.133 e. The highest BCUT2D eigenvalue weighted by Gasteiger charge is 1.99. The zero-order valence-electron chi connectivity index (χ0n) is 10.8. The molecule has 2 aromatic rings. The SMILES string of the molecule is CN(C)c1cc(NCCc2ccccc2)ncn1. The summed E-state index contributed by atoms with van der Waals surface area (Å²) < 4.78 is 0. The molecule has 0 aliphatic carbocycles. The molecule has 0 atom stereocenters. The summed E-state index contributed by atoms with van der Waals surface area (Å²) >= 11 is 0. The van der Waals surface area contributed by atoms with Crippen LogP contribution in [-0.2, 0) is 6.42 Å². The van der Waals surface area contributed by atoms with Crippen LogP contribution in [0.25, 0.3) is 0 Å². The van der Waals surface area contributed by atoms with Crippen molar-refractivity contribution in [3.8, 4) is 0 Å². The van der Waals surface area contributed by atoms with Gasteiger partial charge in [0.25, 0.3) is 0 Å². The third-order valence-electron chi connectivity index (χ3n) is 2.67. The predicted octanol–water partition coefficient (Wildman–Crippen LogP) is 2.20. The van der Waals surface area contributed by atoms with E-state index in [2.05, 4.69) is 39.6 Å². The van der Waals surface area contributed by atoms with Crippen LogP contribution in [0.3, 0.4) is 0 Å². The Morgan fingerprint density at radius 1 is 1.11 bits per heavy atom. The van der Waals surface area contributed by atoms with Crippen molar-refractivity contribution in [3.63, 3.8) is 0 Å². The zero-order valence-corrected chi connectivity index (χ0v) is 10.8. The molecule has 1 aromatic carbocycles. The molecule has 0 saturated heterocycles. The van der Waals surface area contributed by atoms with Crippen molar-refractivity contribution in [2.24, 2.45) is 0 Å². The van der Waals surface area contributed by atoms with Crippen molar-refractivity contribution in [2.75, 3.05) is 30.9 Å². The minimum atomic E-state index is 0.865. The van der Waals surface area contributed by atoms with E-state index in [0.717, 1.165) is 24.6 Å². The normalized spacial score (nSPS) is 10.1. The van der Waals surface area contributed by atoms with E-state index in [9.17, 15) is 0 Å². The van der Waals surface area contributed by atoms with Gasteiger partial charge in [0, 0.05) is 26.7 Å². The second-order valence-corrected chi connectivity index (χ2v) is 4.32. The Bertz CT molecular complexity index is 482. The van der Waals surface area contributed by atoms with E-state index in [0.29, 0.717) is 0 Å². The van der Waals surface area contributed by atoms with E-state index in [1.54, 1.807) is 6.33 Å². The third kappa shape index (κ3) is 3.45. The molecule has 0 radical (unpaired) electrons. The van der Waals surface area contributed by atoms with Gasteiger partial charge in [-0.2, -0.15) is 0 Å². The molecule has 0 saturated carbocycles. The molecular formula is C14H18N4. The van der Waals surface area contributed by atoms with Gasteiger partial charge in [-0.25, -0.2) is 9.97 Å². The molecule has 0 spiro atoms. The van der Waals surface area contributed by atoms with Crippen molar-refractivity contribution in [1.29, 1.82) is 0 Å². The van der Waals surface area contributed by atoms with Crippen molar-refractivity contribution < 1.29 is 0 Å². The Hall–Kier alpha value is -2.10. The summed E-state index contributed by atoms with van der Waals surface area (Å²) in [5.74, 6) is 1.77. The largest absolute Gasteiger partial charge is 0.370 e. The second kappa shape index (κ2) is 6.00. The first-order valence-corrected chi connectivity index (χ1v) is 6.03. The number of rotatable bonds is 5. The minimum Gasteiger partial charge on any atom is -0.370 e. The maximum Gasteiger partial charge on any atom is 0.133 e. The van der Waals surface area contributed by atoms with Gasteiger partial charge in [0.1, 0.15) is 18.0 Å². The number of anilines is 2. The highest BCUT2D eigenvalue weighted by Crippen LogP contribution is 2.11. The van der Waals surface area contributed by atoms with Gasteiger partial charge in [0.15, 0.2) is 0 Å². The fourth-order valence-corrected chi connectivity index (χ4v) is 1.67. The molecule has 2 rings (SSSR count). The Morgan fingerprint density at radius 2 is 1.89 bits per heavy atom. The Kier molecular flexibility index (Phi) is 4.12. The lowest BCUT2D eigenvalue weighted by molar-refractivity contribution is 0.987. The summed E-state index contributed by atoms with van der Waals surface area (Å²) in [5, 5.41) is 3.31. The van der Waals surface area contributed by atoms with Crippen molar-refractivity contribution >= 4 is 11.6 Å². The average molecular weight is 242 g/mol. The van der Waals surface area contributed by atoms with Crippen molar-refractivity contribution in [2.45, 2.75) is 6.42 Å². The highest BCUT2D eigenvalue weighted by atomic mass is 15.2. The van der Waals surface area contributed by atoms with Crippen LogP contribution in [0.1, 0.15) is 5.56 Å². The van der Waals surface area contributed by atoms with Crippen LogP contribution in [-0.4, -0.2) is 30.6 Å². The Balaban J connectivity index is 1.89. The summed E-state index contributed by atoms with van der Waals surface area (Å²) in [6, 6.07) is 12.4. The molecule has 1 heterocycles. The molecule has 94 valence electrons. The molecule has 1 N–H and O–H groups in total. The third-order valence-corrected chi connectivity index (χ3v) is 2.67. The first kappa shape index (κ1) is 12.4. The fraction of sp³-hybridized carbons (Fsp3) is 0.286. The van der Waals surface area contributed by atoms with Crippen molar-refractivity contribution in [1.82, 2.24) is 9.97 Å². The molecule has 4 heteroatoms. The van der Waals surface area contributed by atoms with E-state index in [4.69, 9.17) is 0 Å². The van der Waals surface area contributed by atoms with Gasteiger partial charge in [-0.15, -0.1) is 0 Å². The van der Waals surface area contributed by atoms with Gasteiger partial charge in [0.05, 0.1) is 0 Å². The molecule has 4 nitrogen and oxygen atoms in total. The molecule has 0 aliphatic rings. The van der Waals surface area contributed by atoms with Gasteiger partial charge in [-0.3, -0.25) is 0 Å². The van der Waals surface area contributed by atoms with Gasteiger partial charge in [-0.1, -0.05) is 30.3 Å². The quantitative estimate of drug-likeness (QED) is 0.872. The van der Waals surface area contributed by atoms with Crippen LogP contribution in [0.2, 0.25) is 0 Å². The van der Waals surface area contributed by atoms with E-state index < -0.39 is 0 Å². The standard InChI is InChI=1S/C14H18N4/c1-18(2)14-10-13(16-11-17-14)15-9-8-12-6-4-3-5-7-12/h3-7,10-11H,8-9H2,1-2H3,(H,15,16,17).